The van der Waals surface area contributed by atoms with Crippen LogP contribution < -0.4 is 0 Å². The van der Waals surface area contributed by atoms with Gasteiger partial charge in [-0.15, -0.1) is 0 Å². The molecule has 1 fully saturated rings. The first kappa shape index (κ1) is 14.8. The number of rotatable bonds is 4. The predicted molar refractivity (Wildman–Crippen MR) is 74.5 cm³/mol. The normalized spacial score (nSPS) is 21.5. The minimum Gasteiger partial charge on any atom is -0.392 e. The topological polar surface area (TPSA) is 63.8 Å². The Kier molecular flexibility index (Phi) is 4.61. The van der Waals surface area contributed by atoms with Gasteiger partial charge in [-0.25, -0.2) is 0 Å². The van der Waals surface area contributed by atoms with Gasteiger partial charge in [-0.3, -0.25) is 0 Å². The summed E-state index contributed by atoms with van der Waals surface area (Å²) in [6, 6.07) is 8.81. The summed E-state index contributed by atoms with van der Waals surface area (Å²) >= 11 is 5.79. The molecule has 0 N–H and O–H groups in total. The van der Waals surface area contributed by atoms with Crippen molar-refractivity contribution < 1.29 is 14.3 Å². The smallest absolute Gasteiger partial charge is 0.186 e. The van der Waals surface area contributed by atoms with Gasteiger partial charge in [0.2, 0.25) is 0 Å². The SMILES string of the molecule is CC1(C)OCC(CO/N=C(\C#N)c2ccc(Cl)cc2)O1. The third-order valence-corrected chi connectivity index (χ3v) is 2.96. The monoisotopic (exact) mass is 294 g/mol. The minimum atomic E-state index is -0.591. The molecule has 1 aromatic rings. The zero-order chi connectivity index (χ0) is 14.6. The second-order valence-electron chi connectivity index (χ2n) is 4.81. The van der Waals surface area contributed by atoms with E-state index in [-0.39, 0.29) is 18.4 Å². The number of halogens is 1. The van der Waals surface area contributed by atoms with Crippen molar-refractivity contribution in [3.63, 3.8) is 0 Å². The molecule has 5 nitrogen and oxygen atoms in total. The molecule has 1 saturated heterocycles. The lowest BCUT2D eigenvalue weighted by Crippen LogP contribution is -2.23. The van der Waals surface area contributed by atoms with Gasteiger partial charge in [0.25, 0.3) is 0 Å². The quantitative estimate of drug-likeness (QED) is 0.633. The summed E-state index contributed by atoms with van der Waals surface area (Å²) in [6.45, 7) is 4.36. The van der Waals surface area contributed by atoms with Crippen LogP contribution in [0.3, 0.4) is 0 Å². The van der Waals surface area contributed by atoms with Crippen LogP contribution >= 0.6 is 11.6 Å². The van der Waals surface area contributed by atoms with Crippen LogP contribution in [0, 0.1) is 11.3 Å². The maximum absolute atomic E-state index is 9.07. The van der Waals surface area contributed by atoms with Crippen molar-refractivity contribution in [1.82, 2.24) is 0 Å². The molecular formula is C14H15ClN2O3. The van der Waals surface area contributed by atoms with Gasteiger partial charge in [0.1, 0.15) is 18.8 Å². The van der Waals surface area contributed by atoms with E-state index in [1.807, 2.05) is 19.9 Å². The molecule has 0 spiro atoms. The van der Waals surface area contributed by atoms with E-state index in [0.29, 0.717) is 17.2 Å². The van der Waals surface area contributed by atoms with Crippen molar-refractivity contribution in [2.75, 3.05) is 13.2 Å². The van der Waals surface area contributed by atoms with Crippen LogP contribution in [-0.2, 0) is 14.3 Å². The fraction of sp³-hybridized carbons (Fsp3) is 0.429. The number of benzene rings is 1. The average molecular weight is 295 g/mol. The Hall–Kier alpha value is -1.61. The lowest BCUT2D eigenvalue weighted by molar-refractivity contribution is -0.144. The molecule has 0 radical (unpaired) electrons. The summed E-state index contributed by atoms with van der Waals surface area (Å²) in [5, 5.41) is 13.5. The van der Waals surface area contributed by atoms with Gasteiger partial charge in [0.15, 0.2) is 11.5 Å². The van der Waals surface area contributed by atoms with Crippen LogP contribution in [0.4, 0.5) is 0 Å². The molecular weight excluding hydrogens is 280 g/mol. The summed E-state index contributed by atoms with van der Waals surface area (Å²) in [5.74, 6) is -0.591. The number of hydrogen-bond donors (Lipinski definition) is 0. The van der Waals surface area contributed by atoms with E-state index in [9.17, 15) is 0 Å². The molecule has 0 bridgehead atoms. The number of hydrogen-bond acceptors (Lipinski definition) is 5. The molecule has 1 aliphatic rings. The number of nitriles is 1. The fourth-order valence-corrected chi connectivity index (χ4v) is 1.90. The maximum atomic E-state index is 9.07. The van der Waals surface area contributed by atoms with Crippen LogP contribution in [0.25, 0.3) is 0 Å². The Bertz CT molecular complexity index is 534. The lowest BCUT2D eigenvalue weighted by Gasteiger charge is -2.16. The first-order valence-corrected chi connectivity index (χ1v) is 6.56. The van der Waals surface area contributed by atoms with Crippen molar-refractivity contribution >= 4 is 17.3 Å². The highest BCUT2D eigenvalue weighted by Gasteiger charge is 2.33. The highest BCUT2D eigenvalue weighted by molar-refractivity contribution is 6.30. The zero-order valence-corrected chi connectivity index (χ0v) is 12.1. The van der Waals surface area contributed by atoms with Gasteiger partial charge in [0.05, 0.1) is 6.61 Å². The molecule has 0 amide bonds. The highest BCUT2D eigenvalue weighted by Crippen LogP contribution is 2.22. The van der Waals surface area contributed by atoms with E-state index < -0.39 is 5.79 Å². The largest absolute Gasteiger partial charge is 0.392 e. The second-order valence-corrected chi connectivity index (χ2v) is 5.24. The molecule has 20 heavy (non-hydrogen) atoms. The van der Waals surface area contributed by atoms with Crippen LogP contribution in [-0.4, -0.2) is 30.8 Å². The Labute approximate surface area is 122 Å². The van der Waals surface area contributed by atoms with Gasteiger partial charge in [-0.1, -0.05) is 28.9 Å². The number of nitrogens with zero attached hydrogens (tertiary/aromatic N) is 2. The van der Waals surface area contributed by atoms with E-state index in [2.05, 4.69) is 5.16 Å². The maximum Gasteiger partial charge on any atom is 0.186 e. The average Bonchev–Trinajstić information content (AvgIpc) is 2.76. The van der Waals surface area contributed by atoms with E-state index >= 15 is 0 Å². The zero-order valence-electron chi connectivity index (χ0n) is 11.3. The Morgan fingerprint density at radius 2 is 2.20 bits per heavy atom. The van der Waals surface area contributed by atoms with Gasteiger partial charge in [-0.2, -0.15) is 5.26 Å². The summed E-state index contributed by atoms with van der Waals surface area (Å²) in [6.07, 6.45) is -0.182. The molecule has 1 atom stereocenters. The van der Waals surface area contributed by atoms with Gasteiger partial charge < -0.3 is 14.3 Å². The van der Waals surface area contributed by atoms with Crippen molar-refractivity contribution in [3.8, 4) is 6.07 Å². The van der Waals surface area contributed by atoms with Crippen LogP contribution in [0.15, 0.2) is 29.4 Å². The van der Waals surface area contributed by atoms with Crippen LogP contribution in [0.5, 0.6) is 0 Å². The molecule has 1 heterocycles. The standard InChI is InChI=1S/C14H15ClN2O3/c1-14(2)18-8-12(20-14)9-19-17-13(7-16)10-3-5-11(15)6-4-10/h3-6,12H,8-9H2,1-2H3/b17-13+. The van der Waals surface area contributed by atoms with E-state index in [1.165, 1.54) is 0 Å². The predicted octanol–water partition coefficient (Wildman–Crippen LogP) is 2.74. The summed E-state index contributed by atoms with van der Waals surface area (Å²) in [7, 11) is 0. The van der Waals surface area contributed by atoms with Crippen molar-refractivity contribution in [1.29, 1.82) is 5.26 Å². The highest BCUT2D eigenvalue weighted by atomic mass is 35.5. The first-order valence-electron chi connectivity index (χ1n) is 6.18. The fourth-order valence-electron chi connectivity index (χ4n) is 1.78. The number of oxime groups is 1. The van der Waals surface area contributed by atoms with Crippen LogP contribution in [0.2, 0.25) is 5.02 Å². The molecule has 0 saturated carbocycles. The molecule has 1 aliphatic heterocycles. The minimum absolute atomic E-state index is 0.182. The van der Waals surface area contributed by atoms with E-state index in [1.54, 1.807) is 24.3 Å². The van der Waals surface area contributed by atoms with Crippen molar-refractivity contribution in [2.45, 2.75) is 25.7 Å². The summed E-state index contributed by atoms with van der Waals surface area (Å²) < 4.78 is 11.0. The Morgan fingerprint density at radius 3 is 2.75 bits per heavy atom. The third-order valence-electron chi connectivity index (χ3n) is 2.71. The van der Waals surface area contributed by atoms with Crippen molar-refractivity contribution in [3.05, 3.63) is 34.9 Å². The molecule has 1 unspecified atom stereocenters. The lowest BCUT2D eigenvalue weighted by atomic mass is 10.1. The number of ether oxygens (including phenoxy) is 2. The molecule has 0 aromatic heterocycles. The second kappa shape index (κ2) is 6.23. The van der Waals surface area contributed by atoms with Gasteiger partial charge >= 0.3 is 0 Å². The molecule has 6 heteroatoms. The van der Waals surface area contributed by atoms with Crippen LogP contribution in [0.1, 0.15) is 19.4 Å². The Morgan fingerprint density at radius 1 is 1.50 bits per heavy atom. The molecule has 0 aliphatic carbocycles. The summed E-state index contributed by atoms with van der Waals surface area (Å²) in [5.41, 5.74) is 0.848. The Balaban J connectivity index is 1.92. The van der Waals surface area contributed by atoms with Gasteiger partial charge in [0, 0.05) is 10.6 Å². The van der Waals surface area contributed by atoms with E-state index in [0.717, 1.165) is 0 Å². The van der Waals surface area contributed by atoms with E-state index in [4.69, 9.17) is 31.2 Å². The summed E-state index contributed by atoms with van der Waals surface area (Å²) in [4.78, 5) is 5.18. The molecule has 2 rings (SSSR count). The molecule has 1 aromatic carbocycles. The van der Waals surface area contributed by atoms with Gasteiger partial charge in [-0.05, 0) is 26.0 Å². The third kappa shape index (κ3) is 3.94. The first-order chi connectivity index (χ1) is 9.50. The van der Waals surface area contributed by atoms with Crippen molar-refractivity contribution in [2.24, 2.45) is 5.16 Å². The molecule has 106 valence electrons.